The minimum atomic E-state index is -4.57. The van der Waals surface area contributed by atoms with Crippen LogP contribution in [0, 0.1) is 11.6 Å². The number of hydrogen-bond donors (Lipinski definition) is 0. The second kappa shape index (κ2) is 7.27. The molecule has 2 aromatic rings. The fourth-order valence-electron chi connectivity index (χ4n) is 2.04. The molecule has 0 radical (unpaired) electrons. The molecular weight excluding hydrogens is 335 g/mol. The molecule has 2 nitrogen and oxygen atoms in total. The summed E-state index contributed by atoms with van der Waals surface area (Å²) in [5, 5.41) is 0. The predicted octanol–water partition coefficient (Wildman–Crippen LogP) is 4.99. The van der Waals surface area contributed by atoms with Crippen LogP contribution in [-0.4, -0.2) is 22.0 Å². The van der Waals surface area contributed by atoms with E-state index in [1.807, 2.05) is 0 Å². The molecule has 0 spiro atoms. The van der Waals surface area contributed by atoms with E-state index < -0.39 is 23.9 Å². The fraction of sp³-hybridized carbons (Fsp3) is 0.267. The molecule has 23 heavy (non-hydrogen) atoms. The number of rotatable bonds is 5. The summed E-state index contributed by atoms with van der Waals surface area (Å²) >= 11 is 0.754. The third kappa shape index (κ3) is 4.65. The monoisotopic (exact) mass is 348 g/mol. The zero-order valence-corrected chi connectivity index (χ0v) is 12.8. The molecule has 0 saturated heterocycles. The van der Waals surface area contributed by atoms with E-state index in [0.717, 1.165) is 52.8 Å². The van der Waals surface area contributed by atoms with Crippen molar-refractivity contribution in [3.05, 3.63) is 59.9 Å². The van der Waals surface area contributed by atoms with Crippen LogP contribution in [0.25, 0.3) is 0 Å². The maximum atomic E-state index is 13.5. The van der Waals surface area contributed by atoms with Crippen molar-refractivity contribution in [1.82, 2.24) is 9.29 Å². The number of hydrogen-bond acceptors (Lipinski definition) is 3. The van der Waals surface area contributed by atoms with Gasteiger partial charge in [-0.3, -0.25) is 4.98 Å². The van der Waals surface area contributed by atoms with Crippen LogP contribution in [0.5, 0.6) is 0 Å². The van der Waals surface area contributed by atoms with Crippen molar-refractivity contribution in [2.24, 2.45) is 0 Å². The number of pyridine rings is 1. The van der Waals surface area contributed by atoms with E-state index in [-0.39, 0.29) is 17.0 Å². The Balaban J connectivity index is 2.34. The second-order valence-corrected chi connectivity index (χ2v) is 5.78. The van der Waals surface area contributed by atoms with Gasteiger partial charge in [-0.15, -0.1) is 0 Å². The van der Waals surface area contributed by atoms with Crippen LogP contribution in [0.1, 0.15) is 18.5 Å². The highest BCUT2D eigenvalue weighted by Crippen LogP contribution is 2.42. The zero-order valence-electron chi connectivity index (χ0n) is 12.0. The Morgan fingerprint density at radius 1 is 1.09 bits per heavy atom. The van der Waals surface area contributed by atoms with Crippen molar-refractivity contribution in [1.29, 1.82) is 0 Å². The van der Waals surface area contributed by atoms with Gasteiger partial charge in [-0.25, -0.2) is 13.1 Å². The van der Waals surface area contributed by atoms with Crippen LogP contribution < -0.4 is 0 Å². The lowest BCUT2D eigenvalue weighted by atomic mass is 10.1. The largest absolute Gasteiger partial charge is 0.408 e. The second-order valence-electron chi connectivity index (χ2n) is 4.66. The van der Waals surface area contributed by atoms with Gasteiger partial charge in [0, 0.05) is 17.6 Å². The Kier molecular flexibility index (Phi) is 5.59. The van der Waals surface area contributed by atoms with Crippen LogP contribution in [0.4, 0.5) is 22.0 Å². The van der Waals surface area contributed by atoms with Crippen molar-refractivity contribution < 1.29 is 22.0 Å². The SMILES string of the molecule is CCN(Sc1cncc(F)c1)C(c1ccc(F)cc1)C(F)(F)F. The lowest BCUT2D eigenvalue weighted by molar-refractivity contribution is -0.172. The molecule has 0 aliphatic carbocycles. The molecule has 0 aliphatic heterocycles. The van der Waals surface area contributed by atoms with Gasteiger partial charge >= 0.3 is 6.18 Å². The summed E-state index contributed by atoms with van der Waals surface area (Å²) in [6.45, 7) is 1.60. The van der Waals surface area contributed by atoms with Gasteiger partial charge in [0.15, 0.2) is 0 Å². The lowest BCUT2D eigenvalue weighted by Crippen LogP contribution is -2.34. The van der Waals surface area contributed by atoms with Gasteiger partial charge < -0.3 is 0 Å². The quantitative estimate of drug-likeness (QED) is 0.559. The van der Waals surface area contributed by atoms with Gasteiger partial charge in [-0.05, 0) is 35.7 Å². The molecule has 0 amide bonds. The average Bonchev–Trinajstić information content (AvgIpc) is 2.47. The van der Waals surface area contributed by atoms with Crippen molar-refractivity contribution in [2.75, 3.05) is 6.54 Å². The standard InChI is InChI=1S/C15H13F5N2S/c1-2-22(23-13-7-12(17)8-21-9-13)14(15(18,19)20)10-3-5-11(16)6-4-10/h3-9,14H,2H2,1H3. The van der Waals surface area contributed by atoms with Gasteiger partial charge in [0.25, 0.3) is 0 Å². The summed E-state index contributed by atoms with van der Waals surface area (Å²) in [4.78, 5) is 3.88. The summed E-state index contributed by atoms with van der Waals surface area (Å²) < 4.78 is 67.7. The van der Waals surface area contributed by atoms with E-state index >= 15 is 0 Å². The number of nitrogens with zero attached hydrogens (tertiary/aromatic N) is 2. The predicted molar refractivity (Wildman–Crippen MR) is 77.6 cm³/mol. The van der Waals surface area contributed by atoms with E-state index in [4.69, 9.17) is 0 Å². The molecule has 124 valence electrons. The highest BCUT2D eigenvalue weighted by Gasteiger charge is 2.44. The molecule has 1 atom stereocenters. The van der Waals surface area contributed by atoms with Crippen LogP contribution in [0.2, 0.25) is 0 Å². The van der Waals surface area contributed by atoms with Crippen LogP contribution in [0.15, 0.2) is 47.6 Å². The van der Waals surface area contributed by atoms with Crippen molar-refractivity contribution in [3.8, 4) is 0 Å². The summed E-state index contributed by atoms with van der Waals surface area (Å²) in [5.41, 5.74) is -0.0855. The Morgan fingerprint density at radius 3 is 2.26 bits per heavy atom. The van der Waals surface area contributed by atoms with Gasteiger partial charge in [0.05, 0.1) is 6.20 Å². The highest BCUT2D eigenvalue weighted by atomic mass is 32.2. The Morgan fingerprint density at radius 2 is 1.74 bits per heavy atom. The van der Waals surface area contributed by atoms with Gasteiger partial charge in [-0.1, -0.05) is 19.1 Å². The summed E-state index contributed by atoms with van der Waals surface area (Å²) in [6.07, 6.45) is -2.31. The zero-order chi connectivity index (χ0) is 17.0. The number of alkyl halides is 3. The first-order valence-corrected chi connectivity index (χ1v) is 7.46. The summed E-state index contributed by atoms with van der Waals surface area (Å²) in [6, 6.07) is 3.33. The molecule has 1 heterocycles. The number of halogens is 5. The van der Waals surface area contributed by atoms with Crippen LogP contribution in [0.3, 0.4) is 0 Å². The van der Waals surface area contributed by atoms with E-state index in [1.165, 1.54) is 6.20 Å². The smallest absolute Gasteiger partial charge is 0.260 e. The fourth-order valence-corrected chi connectivity index (χ4v) is 3.06. The highest BCUT2D eigenvalue weighted by molar-refractivity contribution is 7.97. The molecule has 0 aliphatic rings. The topological polar surface area (TPSA) is 16.1 Å². The summed E-state index contributed by atoms with van der Waals surface area (Å²) in [5.74, 6) is -1.24. The molecule has 1 aromatic heterocycles. The summed E-state index contributed by atoms with van der Waals surface area (Å²) in [7, 11) is 0. The molecule has 8 heteroatoms. The third-order valence-corrected chi connectivity index (χ3v) is 4.14. The van der Waals surface area contributed by atoms with Crippen molar-refractivity contribution >= 4 is 11.9 Å². The van der Waals surface area contributed by atoms with Crippen LogP contribution >= 0.6 is 11.9 Å². The first-order valence-electron chi connectivity index (χ1n) is 6.68. The molecule has 0 N–H and O–H groups in total. The molecule has 1 aromatic carbocycles. The Labute approximate surface area is 134 Å². The minimum Gasteiger partial charge on any atom is -0.260 e. The average molecular weight is 348 g/mol. The molecule has 2 rings (SSSR count). The van der Waals surface area contributed by atoms with Crippen molar-refractivity contribution in [3.63, 3.8) is 0 Å². The van der Waals surface area contributed by atoms with E-state index in [0.29, 0.717) is 0 Å². The van der Waals surface area contributed by atoms with Gasteiger partial charge in [0.2, 0.25) is 0 Å². The number of benzene rings is 1. The van der Waals surface area contributed by atoms with Crippen molar-refractivity contribution in [2.45, 2.75) is 24.0 Å². The molecule has 0 saturated carbocycles. The minimum absolute atomic E-state index is 0.0444. The van der Waals surface area contributed by atoms with E-state index in [2.05, 4.69) is 4.98 Å². The van der Waals surface area contributed by atoms with Crippen LogP contribution in [-0.2, 0) is 0 Å². The van der Waals surface area contributed by atoms with Gasteiger partial charge in [-0.2, -0.15) is 13.2 Å². The van der Waals surface area contributed by atoms with E-state index in [1.54, 1.807) is 6.92 Å². The molecular formula is C15H13F5N2S. The first kappa shape index (κ1) is 17.7. The Hall–Kier alpha value is -1.67. The maximum Gasteiger partial charge on any atom is 0.408 e. The molecule has 0 fully saturated rings. The maximum absolute atomic E-state index is 13.5. The lowest BCUT2D eigenvalue weighted by Gasteiger charge is -2.31. The first-order chi connectivity index (χ1) is 10.8. The normalized spacial score (nSPS) is 13.3. The van der Waals surface area contributed by atoms with Gasteiger partial charge in [0.1, 0.15) is 17.7 Å². The Bertz CT molecular complexity index is 645. The van der Waals surface area contributed by atoms with E-state index in [9.17, 15) is 22.0 Å². The molecule has 1 unspecified atom stereocenters. The molecule has 0 bridgehead atoms. The third-order valence-electron chi connectivity index (χ3n) is 3.00. The number of aromatic nitrogens is 1.